The molecule has 0 bridgehead atoms. The fraction of sp³-hybridized carbons (Fsp3) is 0.462. The van der Waals surface area contributed by atoms with Crippen LogP contribution >= 0.6 is 0 Å². The van der Waals surface area contributed by atoms with E-state index in [1.807, 2.05) is 37.3 Å². The Balaban J connectivity index is 2.37. The van der Waals surface area contributed by atoms with Gasteiger partial charge in [0.15, 0.2) is 0 Å². The van der Waals surface area contributed by atoms with E-state index in [0.717, 1.165) is 5.56 Å². The second-order valence-corrected chi connectivity index (χ2v) is 3.59. The molecule has 1 N–H and O–H groups in total. The Hall–Kier alpha value is -1.39. The van der Waals surface area contributed by atoms with Gasteiger partial charge in [0.25, 0.3) is 0 Å². The predicted octanol–water partition coefficient (Wildman–Crippen LogP) is 1.35. The molecule has 0 aliphatic rings. The van der Waals surface area contributed by atoms with Crippen LogP contribution in [-0.4, -0.2) is 32.3 Å². The lowest BCUT2D eigenvalue weighted by Crippen LogP contribution is -2.39. The van der Waals surface area contributed by atoms with Gasteiger partial charge < -0.3 is 14.8 Å². The number of carbonyl (C=O) groups is 1. The third-order valence-electron chi connectivity index (χ3n) is 2.35. The van der Waals surface area contributed by atoms with Crippen LogP contribution in [-0.2, 0) is 20.9 Å². The van der Waals surface area contributed by atoms with E-state index in [1.54, 1.807) is 7.05 Å². The van der Waals surface area contributed by atoms with Gasteiger partial charge >= 0.3 is 5.97 Å². The topological polar surface area (TPSA) is 47.6 Å². The van der Waals surface area contributed by atoms with Crippen LogP contribution in [0.3, 0.4) is 0 Å². The van der Waals surface area contributed by atoms with Crippen molar-refractivity contribution < 1.29 is 14.3 Å². The maximum absolute atomic E-state index is 11.7. The van der Waals surface area contributed by atoms with Crippen molar-refractivity contribution >= 4 is 5.97 Å². The van der Waals surface area contributed by atoms with Crippen molar-refractivity contribution in [3.63, 3.8) is 0 Å². The van der Waals surface area contributed by atoms with Crippen LogP contribution in [0.25, 0.3) is 0 Å². The van der Waals surface area contributed by atoms with Crippen molar-refractivity contribution in [3.8, 4) is 0 Å². The third-order valence-corrected chi connectivity index (χ3v) is 2.35. The summed E-state index contributed by atoms with van der Waals surface area (Å²) in [5.74, 6) is -0.287. The molecule has 0 saturated carbocycles. The molecule has 4 heteroatoms. The Morgan fingerprint density at radius 2 is 2.06 bits per heavy atom. The summed E-state index contributed by atoms with van der Waals surface area (Å²) < 4.78 is 10.4. The maximum atomic E-state index is 11.7. The van der Waals surface area contributed by atoms with E-state index in [1.165, 1.54) is 0 Å². The molecule has 0 unspecified atom stereocenters. The average molecular weight is 237 g/mol. The minimum absolute atomic E-state index is 0.287. The van der Waals surface area contributed by atoms with E-state index in [-0.39, 0.29) is 5.97 Å². The number of benzene rings is 1. The maximum Gasteiger partial charge on any atom is 0.325 e. The van der Waals surface area contributed by atoms with Crippen LogP contribution in [0.4, 0.5) is 0 Å². The van der Waals surface area contributed by atoms with Crippen molar-refractivity contribution in [2.75, 3.05) is 20.3 Å². The first kappa shape index (κ1) is 13.7. The Morgan fingerprint density at radius 3 is 2.65 bits per heavy atom. The first-order valence-electron chi connectivity index (χ1n) is 5.73. The Bertz CT molecular complexity index is 327. The van der Waals surface area contributed by atoms with Crippen LogP contribution in [0, 0.1) is 0 Å². The van der Waals surface area contributed by atoms with Crippen molar-refractivity contribution in [3.05, 3.63) is 35.9 Å². The molecule has 94 valence electrons. The zero-order chi connectivity index (χ0) is 12.5. The standard InChI is InChI=1S/C13H19NO3/c1-3-16-10-12(14-2)13(15)17-9-11-7-5-4-6-8-11/h4-8,12,14H,3,9-10H2,1-2H3/t12-/m0/s1. The molecule has 0 fully saturated rings. The number of carbonyl (C=O) groups excluding carboxylic acids is 1. The molecule has 1 rings (SSSR count). The first-order chi connectivity index (χ1) is 8.27. The highest BCUT2D eigenvalue weighted by molar-refractivity contribution is 5.75. The van der Waals surface area contributed by atoms with Gasteiger partial charge in [0.2, 0.25) is 0 Å². The van der Waals surface area contributed by atoms with Gasteiger partial charge in [-0.25, -0.2) is 0 Å². The largest absolute Gasteiger partial charge is 0.460 e. The van der Waals surface area contributed by atoms with Crippen LogP contribution in [0.1, 0.15) is 12.5 Å². The minimum atomic E-state index is -0.404. The van der Waals surface area contributed by atoms with Gasteiger partial charge in [-0.3, -0.25) is 4.79 Å². The summed E-state index contributed by atoms with van der Waals surface area (Å²) in [6, 6.07) is 9.20. The van der Waals surface area contributed by atoms with Crippen molar-refractivity contribution in [1.82, 2.24) is 5.32 Å². The van der Waals surface area contributed by atoms with Crippen LogP contribution in [0.15, 0.2) is 30.3 Å². The van der Waals surface area contributed by atoms with Crippen molar-refractivity contribution in [2.45, 2.75) is 19.6 Å². The summed E-state index contributed by atoms with van der Waals surface area (Å²) in [4.78, 5) is 11.7. The van der Waals surface area contributed by atoms with E-state index in [9.17, 15) is 4.79 Å². The second kappa shape index (κ2) is 7.81. The van der Waals surface area contributed by atoms with E-state index in [4.69, 9.17) is 9.47 Å². The summed E-state index contributed by atoms with van der Waals surface area (Å²) in [7, 11) is 1.72. The summed E-state index contributed by atoms with van der Waals surface area (Å²) in [6.07, 6.45) is 0. The van der Waals surface area contributed by atoms with Crippen molar-refractivity contribution in [2.24, 2.45) is 0 Å². The zero-order valence-corrected chi connectivity index (χ0v) is 10.3. The lowest BCUT2D eigenvalue weighted by Gasteiger charge is -2.14. The number of nitrogens with one attached hydrogen (secondary N) is 1. The summed E-state index contributed by atoms with van der Waals surface area (Å²) in [6.45, 7) is 3.11. The van der Waals surface area contributed by atoms with E-state index >= 15 is 0 Å². The summed E-state index contributed by atoms with van der Waals surface area (Å²) in [5.41, 5.74) is 0.979. The monoisotopic (exact) mass is 237 g/mol. The summed E-state index contributed by atoms with van der Waals surface area (Å²) in [5, 5.41) is 2.87. The Kier molecular flexibility index (Phi) is 6.29. The van der Waals surface area contributed by atoms with Gasteiger partial charge in [-0.2, -0.15) is 0 Å². The number of likely N-dealkylation sites (N-methyl/N-ethyl adjacent to an activating group) is 1. The average Bonchev–Trinajstić information content (AvgIpc) is 2.38. The molecule has 1 aromatic rings. The van der Waals surface area contributed by atoms with E-state index < -0.39 is 6.04 Å². The predicted molar refractivity (Wildman–Crippen MR) is 65.6 cm³/mol. The number of hydrogen-bond donors (Lipinski definition) is 1. The Labute approximate surface area is 102 Å². The smallest absolute Gasteiger partial charge is 0.325 e. The SMILES string of the molecule is CCOC[C@H](NC)C(=O)OCc1ccccc1. The van der Waals surface area contributed by atoms with Gasteiger partial charge in [-0.1, -0.05) is 30.3 Å². The Morgan fingerprint density at radius 1 is 1.35 bits per heavy atom. The third kappa shape index (κ3) is 4.97. The molecule has 1 atom stereocenters. The molecule has 0 aromatic heterocycles. The second-order valence-electron chi connectivity index (χ2n) is 3.59. The number of hydrogen-bond acceptors (Lipinski definition) is 4. The van der Waals surface area contributed by atoms with Crippen LogP contribution in [0.5, 0.6) is 0 Å². The number of rotatable bonds is 7. The highest BCUT2D eigenvalue weighted by Crippen LogP contribution is 2.02. The molecule has 0 spiro atoms. The molecule has 0 radical (unpaired) electrons. The molecular formula is C13H19NO3. The molecule has 0 heterocycles. The van der Waals surface area contributed by atoms with Crippen LogP contribution < -0.4 is 5.32 Å². The lowest BCUT2D eigenvalue weighted by molar-refractivity contribution is -0.149. The molecular weight excluding hydrogens is 218 g/mol. The quantitative estimate of drug-likeness (QED) is 0.727. The van der Waals surface area contributed by atoms with Gasteiger partial charge in [-0.15, -0.1) is 0 Å². The fourth-order valence-electron chi connectivity index (χ4n) is 1.33. The molecule has 0 aliphatic heterocycles. The van der Waals surface area contributed by atoms with Gasteiger partial charge in [0.05, 0.1) is 6.61 Å². The first-order valence-corrected chi connectivity index (χ1v) is 5.73. The molecule has 17 heavy (non-hydrogen) atoms. The molecule has 0 saturated heterocycles. The van der Waals surface area contributed by atoms with E-state index in [0.29, 0.717) is 19.8 Å². The van der Waals surface area contributed by atoms with Crippen molar-refractivity contribution in [1.29, 1.82) is 0 Å². The highest BCUT2D eigenvalue weighted by Gasteiger charge is 2.17. The fourth-order valence-corrected chi connectivity index (χ4v) is 1.33. The molecule has 4 nitrogen and oxygen atoms in total. The normalized spacial score (nSPS) is 12.1. The molecule has 1 aromatic carbocycles. The summed E-state index contributed by atoms with van der Waals surface area (Å²) >= 11 is 0. The molecule has 0 amide bonds. The van der Waals surface area contributed by atoms with Crippen LogP contribution in [0.2, 0.25) is 0 Å². The van der Waals surface area contributed by atoms with E-state index in [2.05, 4.69) is 5.32 Å². The van der Waals surface area contributed by atoms with Gasteiger partial charge in [0.1, 0.15) is 12.6 Å². The number of esters is 1. The highest BCUT2D eigenvalue weighted by atomic mass is 16.5. The lowest BCUT2D eigenvalue weighted by atomic mass is 10.2. The van der Waals surface area contributed by atoms with Gasteiger partial charge in [-0.05, 0) is 19.5 Å². The van der Waals surface area contributed by atoms with Gasteiger partial charge in [0, 0.05) is 6.61 Å². The number of ether oxygens (including phenoxy) is 2. The minimum Gasteiger partial charge on any atom is -0.460 e. The zero-order valence-electron chi connectivity index (χ0n) is 10.3. The molecule has 0 aliphatic carbocycles.